The van der Waals surface area contributed by atoms with Crippen LogP contribution in [-0.4, -0.2) is 30.6 Å². The van der Waals surface area contributed by atoms with Crippen LogP contribution in [0.15, 0.2) is 60.1 Å². The minimum atomic E-state index is -0.139. The van der Waals surface area contributed by atoms with Crippen molar-refractivity contribution in [2.75, 3.05) is 19.5 Å². The van der Waals surface area contributed by atoms with Gasteiger partial charge < -0.3 is 15.4 Å². The Morgan fingerprint density at radius 2 is 1.45 bits per heavy atom. The highest BCUT2D eigenvalue weighted by Crippen LogP contribution is 2.31. The summed E-state index contributed by atoms with van der Waals surface area (Å²) in [5.41, 5.74) is 4.91. The highest BCUT2D eigenvalue weighted by molar-refractivity contribution is 7.09. The van der Waals surface area contributed by atoms with Crippen molar-refractivity contribution in [3.8, 4) is 0 Å². The molecule has 2 unspecified atom stereocenters. The Labute approximate surface area is 247 Å². The molecule has 0 saturated carbocycles. The lowest BCUT2D eigenvalue weighted by atomic mass is 9.77. The van der Waals surface area contributed by atoms with Gasteiger partial charge in [0.05, 0.1) is 18.0 Å². The number of hydrogen-bond donors (Lipinski definition) is 2. The number of hydrogen-bond acceptors (Lipinski definition) is 6. The van der Waals surface area contributed by atoms with Crippen LogP contribution in [0.2, 0.25) is 0 Å². The van der Waals surface area contributed by atoms with Crippen LogP contribution in [-0.2, 0) is 28.9 Å². The summed E-state index contributed by atoms with van der Waals surface area (Å²) >= 11 is 1.77. The lowest BCUT2D eigenvalue weighted by Gasteiger charge is -2.28. The van der Waals surface area contributed by atoms with Gasteiger partial charge in [-0.2, -0.15) is 0 Å². The molecule has 0 radical (unpaired) electrons. The van der Waals surface area contributed by atoms with E-state index in [0.717, 1.165) is 24.2 Å². The zero-order valence-electron chi connectivity index (χ0n) is 26.3. The zero-order chi connectivity index (χ0) is 29.9. The summed E-state index contributed by atoms with van der Waals surface area (Å²) in [6.45, 7) is 18.1. The van der Waals surface area contributed by atoms with E-state index in [-0.39, 0.29) is 22.8 Å². The molecule has 0 aliphatic rings. The van der Waals surface area contributed by atoms with Crippen molar-refractivity contribution >= 4 is 23.0 Å². The van der Waals surface area contributed by atoms with E-state index in [9.17, 15) is 4.79 Å². The Morgan fingerprint density at radius 3 is 1.90 bits per heavy atom. The molecule has 6 heteroatoms. The fourth-order valence-electron chi connectivity index (χ4n) is 4.56. The van der Waals surface area contributed by atoms with Gasteiger partial charge in [0.15, 0.2) is 0 Å². The van der Waals surface area contributed by atoms with E-state index in [1.807, 2.05) is 13.2 Å². The van der Waals surface area contributed by atoms with Gasteiger partial charge in [-0.05, 0) is 80.8 Å². The minimum absolute atomic E-state index is 0.0431. The van der Waals surface area contributed by atoms with Gasteiger partial charge in [-0.3, -0.25) is 4.79 Å². The standard InChI is InChI=1S/C18H29NO2.C16H22N2S/c1-17(2,3)15(16(20)21-7)12-13-8-10-14(11-9-13)19-18(4,5)6;1-12(2)15(16-18-8-9-19-16)10-13-4-6-14(7-5-13)11-17-3/h8-11,15,19H,12H2,1-7H3;4-9,12,15,17H,10-11H2,1-3H3. The summed E-state index contributed by atoms with van der Waals surface area (Å²) < 4.78 is 4.95. The number of rotatable bonds is 10. The average molecular weight is 566 g/mol. The van der Waals surface area contributed by atoms with Gasteiger partial charge in [0.25, 0.3) is 0 Å². The molecule has 0 aliphatic heterocycles. The average Bonchev–Trinajstić information content (AvgIpc) is 3.41. The van der Waals surface area contributed by atoms with Crippen molar-refractivity contribution in [3.05, 3.63) is 81.8 Å². The third-order valence-corrected chi connectivity index (χ3v) is 7.78. The quantitative estimate of drug-likeness (QED) is 0.243. The summed E-state index contributed by atoms with van der Waals surface area (Å²) in [5, 5.41) is 9.94. The molecule has 3 rings (SSSR count). The molecular formula is C34H51N3O2S. The number of carbonyl (C=O) groups is 1. The van der Waals surface area contributed by atoms with Crippen molar-refractivity contribution in [2.45, 2.75) is 86.2 Å². The van der Waals surface area contributed by atoms with E-state index in [1.165, 1.54) is 23.2 Å². The van der Waals surface area contributed by atoms with Crippen LogP contribution in [0, 0.1) is 17.3 Å². The number of methoxy groups -OCH3 is 1. The van der Waals surface area contributed by atoms with E-state index in [4.69, 9.17) is 4.74 Å². The molecule has 3 aromatic rings. The molecule has 5 nitrogen and oxygen atoms in total. The van der Waals surface area contributed by atoms with Crippen LogP contribution in [0.4, 0.5) is 5.69 Å². The summed E-state index contributed by atoms with van der Waals surface area (Å²) in [6, 6.07) is 17.2. The summed E-state index contributed by atoms with van der Waals surface area (Å²) in [4.78, 5) is 16.5. The number of ether oxygens (including phenoxy) is 1. The lowest BCUT2D eigenvalue weighted by Crippen LogP contribution is -2.31. The molecule has 2 aromatic carbocycles. The topological polar surface area (TPSA) is 63.3 Å². The normalized spacial score (nSPS) is 13.3. The largest absolute Gasteiger partial charge is 0.469 e. The Hall–Kier alpha value is -2.70. The van der Waals surface area contributed by atoms with Crippen LogP contribution < -0.4 is 10.6 Å². The Kier molecular flexibility index (Phi) is 12.9. The first-order valence-electron chi connectivity index (χ1n) is 14.3. The van der Waals surface area contributed by atoms with Crippen molar-refractivity contribution in [2.24, 2.45) is 17.3 Å². The number of nitrogens with zero attached hydrogens (tertiary/aromatic N) is 1. The van der Waals surface area contributed by atoms with Crippen LogP contribution in [0.3, 0.4) is 0 Å². The number of aromatic nitrogens is 1. The van der Waals surface area contributed by atoms with Crippen molar-refractivity contribution in [1.29, 1.82) is 0 Å². The fourth-order valence-corrected chi connectivity index (χ4v) is 5.47. The molecule has 220 valence electrons. The fraction of sp³-hybridized carbons (Fsp3) is 0.529. The van der Waals surface area contributed by atoms with Gasteiger partial charge in [-0.25, -0.2) is 4.98 Å². The molecule has 0 spiro atoms. The Morgan fingerprint density at radius 1 is 0.900 bits per heavy atom. The lowest BCUT2D eigenvalue weighted by molar-refractivity contribution is -0.149. The third kappa shape index (κ3) is 11.4. The molecule has 40 heavy (non-hydrogen) atoms. The van der Waals surface area contributed by atoms with E-state index in [2.05, 4.69) is 125 Å². The van der Waals surface area contributed by atoms with E-state index >= 15 is 0 Å². The minimum Gasteiger partial charge on any atom is -0.469 e. The predicted molar refractivity (Wildman–Crippen MR) is 171 cm³/mol. The Balaban J connectivity index is 0.000000281. The smallest absolute Gasteiger partial charge is 0.309 e. The molecular weight excluding hydrogens is 514 g/mol. The SMILES string of the molecule is CNCc1ccc(CC(c2nccs2)C(C)C)cc1.COC(=O)C(Cc1ccc(NC(C)(C)C)cc1)C(C)(C)C. The molecule has 1 heterocycles. The van der Waals surface area contributed by atoms with Crippen molar-refractivity contribution in [1.82, 2.24) is 10.3 Å². The number of carbonyl (C=O) groups excluding carboxylic acids is 1. The first-order chi connectivity index (χ1) is 18.7. The van der Waals surface area contributed by atoms with Crippen LogP contribution in [0.5, 0.6) is 0 Å². The second kappa shape index (κ2) is 15.3. The summed E-state index contributed by atoms with van der Waals surface area (Å²) in [5.74, 6) is 0.863. The van der Waals surface area contributed by atoms with E-state index in [0.29, 0.717) is 18.3 Å². The second-order valence-corrected chi connectivity index (χ2v) is 13.9. The van der Waals surface area contributed by atoms with Crippen molar-refractivity contribution < 1.29 is 9.53 Å². The van der Waals surface area contributed by atoms with Crippen LogP contribution in [0.25, 0.3) is 0 Å². The molecule has 0 amide bonds. The molecule has 2 N–H and O–H groups in total. The maximum atomic E-state index is 12.0. The van der Waals surface area contributed by atoms with Crippen LogP contribution in [0.1, 0.15) is 83.0 Å². The zero-order valence-corrected chi connectivity index (χ0v) is 27.1. The van der Waals surface area contributed by atoms with E-state index in [1.54, 1.807) is 11.3 Å². The third-order valence-electron chi connectivity index (χ3n) is 6.88. The van der Waals surface area contributed by atoms with Gasteiger partial charge in [0.1, 0.15) is 0 Å². The van der Waals surface area contributed by atoms with Crippen molar-refractivity contribution in [3.63, 3.8) is 0 Å². The molecule has 0 bridgehead atoms. The number of esters is 1. The molecule has 0 fully saturated rings. The van der Waals surface area contributed by atoms with Gasteiger partial charge in [0, 0.05) is 35.3 Å². The van der Waals surface area contributed by atoms with Gasteiger partial charge in [0.2, 0.25) is 0 Å². The van der Waals surface area contributed by atoms with Crippen LogP contribution >= 0.6 is 11.3 Å². The number of thiazole rings is 1. The highest BCUT2D eigenvalue weighted by Gasteiger charge is 2.32. The second-order valence-electron chi connectivity index (χ2n) is 13.0. The monoisotopic (exact) mass is 565 g/mol. The molecule has 2 atom stereocenters. The number of anilines is 1. The maximum absolute atomic E-state index is 12.0. The van der Waals surface area contributed by atoms with Gasteiger partial charge >= 0.3 is 5.97 Å². The summed E-state index contributed by atoms with van der Waals surface area (Å²) in [6.07, 6.45) is 3.68. The van der Waals surface area contributed by atoms with Gasteiger partial charge in [-0.15, -0.1) is 11.3 Å². The molecule has 1 aromatic heterocycles. The molecule has 0 saturated heterocycles. The Bertz CT molecular complexity index is 1130. The maximum Gasteiger partial charge on any atom is 0.309 e. The predicted octanol–water partition coefficient (Wildman–Crippen LogP) is 8.12. The highest BCUT2D eigenvalue weighted by atomic mass is 32.1. The first kappa shape index (κ1) is 33.5. The number of nitrogens with one attached hydrogen (secondary N) is 2. The molecule has 0 aliphatic carbocycles. The van der Waals surface area contributed by atoms with E-state index < -0.39 is 0 Å². The van der Waals surface area contributed by atoms with Gasteiger partial charge in [-0.1, -0.05) is 71.0 Å². The first-order valence-corrected chi connectivity index (χ1v) is 15.2. The number of benzene rings is 2. The summed E-state index contributed by atoms with van der Waals surface area (Å²) in [7, 11) is 3.43.